The fourth-order valence-electron chi connectivity index (χ4n) is 3.38. The number of amides is 1. The standard InChI is InChI=1S/C18H21F3N2O2/c19-18(20,21)12-25-10-7-17(24)23-8-5-13(6-9-23)15-11-22-16-4-2-1-3-14(15)16/h1-4,11,13,22H,5-10,12H2. The van der Waals surface area contributed by atoms with Crippen LogP contribution >= 0.6 is 0 Å². The van der Waals surface area contributed by atoms with E-state index in [4.69, 9.17) is 0 Å². The van der Waals surface area contributed by atoms with Crippen LogP contribution in [0, 0.1) is 0 Å². The van der Waals surface area contributed by atoms with Gasteiger partial charge in [0.05, 0.1) is 13.0 Å². The number of hydrogen-bond donors (Lipinski definition) is 1. The SMILES string of the molecule is O=C(CCOCC(F)(F)F)N1CCC(c2c[nH]c3ccccc23)CC1. The second-order valence-electron chi connectivity index (χ2n) is 6.36. The zero-order chi connectivity index (χ0) is 17.9. The Kier molecular flexibility index (Phi) is 5.32. The Morgan fingerprint density at radius 1 is 1.24 bits per heavy atom. The van der Waals surface area contributed by atoms with Gasteiger partial charge in [0.25, 0.3) is 0 Å². The van der Waals surface area contributed by atoms with E-state index in [1.165, 1.54) is 10.9 Å². The van der Waals surface area contributed by atoms with Crippen LogP contribution in [0.15, 0.2) is 30.5 Å². The maximum absolute atomic E-state index is 12.1. The summed E-state index contributed by atoms with van der Waals surface area (Å²) in [5.74, 6) is 0.251. The number of carbonyl (C=O) groups excluding carboxylic acids is 1. The second-order valence-corrected chi connectivity index (χ2v) is 6.36. The highest BCUT2D eigenvalue weighted by atomic mass is 19.4. The predicted octanol–water partition coefficient (Wildman–Crippen LogP) is 3.84. The summed E-state index contributed by atoms with van der Waals surface area (Å²) in [6, 6.07) is 8.14. The van der Waals surface area contributed by atoms with Gasteiger partial charge < -0.3 is 14.6 Å². The molecule has 0 radical (unpaired) electrons. The molecule has 2 aromatic rings. The quantitative estimate of drug-likeness (QED) is 0.829. The molecule has 1 fully saturated rings. The van der Waals surface area contributed by atoms with Crippen LogP contribution in [0.5, 0.6) is 0 Å². The van der Waals surface area contributed by atoms with Gasteiger partial charge in [-0.05, 0) is 30.4 Å². The minimum atomic E-state index is -4.35. The predicted molar refractivity (Wildman–Crippen MR) is 88.3 cm³/mol. The van der Waals surface area contributed by atoms with Crippen LogP contribution in [0.1, 0.15) is 30.7 Å². The van der Waals surface area contributed by atoms with Crippen molar-refractivity contribution in [3.8, 4) is 0 Å². The number of alkyl halides is 3. The van der Waals surface area contributed by atoms with Gasteiger partial charge in [-0.2, -0.15) is 13.2 Å². The third kappa shape index (κ3) is 4.54. The van der Waals surface area contributed by atoms with Crippen molar-refractivity contribution in [2.45, 2.75) is 31.4 Å². The van der Waals surface area contributed by atoms with E-state index in [1.54, 1.807) is 4.90 Å². The minimum Gasteiger partial charge on any atom is -0.372 e. The Morgan fingerprint density at radius 2 is 1.96 bits per heavy atom. The van der Waals surface area contributed by atoms with Gasteiger partial charge in [0.1, 0.15) is 6.61 Å². The molecule has 25 heavy (non-hydrogen) atoms. The van der Waals surface area contributed by atoms with E-state index >= 15 is 0 Å². The van der Waals surface area contributed by atoms with E-state index in [2.05, 4.69) is 15.8 Å². The number of hydrogen-bond acceptors (Lipinski definition) is 2. The van der Waals surface area contributed by atoms with Gasteiger partial charge in [0.15, 0.2) is 0 Å². The summed E-state index contributed by atoms with van der Waals surface area (Å²) in [4.78, 5) is 17.1. The molecular weight excluding hydrogens is 333 g/mol. The number of nitrogens with one attached hydrogen (secondary N) is 1. The number of nitrogens with zero attached hydrogens (tertiary/aromatic N) is 1. The molecule has 1 aliphatic rings. The molecule has 4 nitrogen and oxygen atoms in total. The lowest BCUT2D eigenvalue weighted by Crippen LogP contribution is -2.38. The average Bonchev–Trinajstić information content (AvgIpc) is 3.02. The highest BCUT2D eigenvalue weighted by Crippen LogP contribution is 2.33. The summed E-state index contributed by atoms with van der Waals surface area (Å²) in [5, 5.41) is 1.22. The minimum absolute atomic E-state index is 0.00612. The Morgan fingerprint density at radius 3 is 2.68 bits per heavy atom. The Balaban J connectivity index is 1.48. The fraction of sp³-hybridized carbons (Fsp3) is 0.500. The van der Waals surface area contributed by atoms with Gasteiger partial charge in [-0.1, -0.05) is 18.2 Å². The molecule has 0 saturated carbocycles. The molecule has 7 heteroatoms. The van der Waals surface area contributed by atoms with Crippen molar-refractivity contribution in [3.63, 3.8) is 0 Å². The number of halogens is 3. The van der Waals surface area contributed by atoms with E-state index < -0.39 is 12.8 Å². The lowest BCUT2D eigenvalue weighted by atomic mass is 9.89. The number of para-hydroxylation sites is 1. The summed E-state index contributed by atoms with van der Waals surface area (Å²) < 4.78 is 40.5. The normalized spacial score (nSPS) is 16.5. The number of aromatic amines is 1. The van der Waals surface area contributed by atoms with E-state index in [0.717, 1.165) is 18.4 Å². The van der Waals surface area contributed by atoms with Crippen molar-refractivity contribution in [3.05, 3.63) is 36.0 Å². The molecule has 1 aliphatic heterocycles. The van der Waals surface area contributed by atoms with E-state index in [9.17, 15) is 18.0 Å². The summed E-state index contributed by atoms with van der Waals surface area (Å²) in [6.07, 6.45) is -0.597. The molecule has 0 atom stereocenters. The van der Waals surface area contributed by atoms with E-state index in [0.29, 0.717) is 19.0 Å². The number of piperidine rings is 1. The van der Waals surface area contributed by atoms with Crippen LogP contribution in [0.25, 0.3) is 10.9 Å². The number of benzene rings is 1. The van der Waals surface area contributed by atoms with Crippen LogP contribution in [0.4, 0.5) is 13.2 Å². The molecule has 136 valence electrons. The monoisotopic (exact) mass is 354 g/mol. The van der Waals surface area contributed by atoms with Crippen LogP contribution in [-0.4, -0.2) is 48.3 Å². The first-order valence-electron chi connectivity index (χ1n) is 8.42. The number of fused-ring (bicyclic) bond motifs is 1. The molecular formula is C18H21F3N2O2. The van der Waals surface area contributed by atoms with Crippen LogP contribution in [0.3, 0.4) is 0 Å². The topological polar surface area (TPSA) is 45.3 Å². The Bertz CT molecular complexity index is 718. The number of ether oxygens (including phenoxy) is 1. The molecule has 1 aromatic heterocycles. The van der Waals surface area contributed by atoms with Crippen molar-refractivity contribution < 1.29 is 22.7 Å². The lowest BCUT2D eigenvalue weighted by Gasteiger charge is -2.32. The summed E-state index contributed by atoms with van der Waals surface area (Å²) in [7, 11) is 0. The number of likely N-dealkylation sites (tertiary alicyclic amines) is 1. The van der Waals surface area contributed by atoms with Crippen molar-refractivity contribution in [1.82, 2.24) is 9.88 Å². The maximum Gasteiger partial charge on any atom is 0.411 e. The molecule has 0 spiro atoms. The third-order valence-corrected chi connectivity index (χ3v) is 4.63. The van der Waals surface area contributed by atoms with Gasteiger partial charge in [-0.3, -0.25) is 4.79 Å². The first kappa shape index (κ1) is 17.8. The van der Waals surface area contributed by atoms with Gasteiger partial charge in [-0.25, -0.2) is 0 Å². The molecule has 1 N–H and O–H groups in total. The zero-order valence-corrected chi connectivity index (χ0v) is 13.8. The highest BCUT2D eigenvalue weighted by molar-refractivity contribution is 5.83. The van der Waals surface area contributed by atoms with Crippen molar-refractivity contribution in [2.24, 2.45) is 0 Å². The lowest BCUT2D eigenvalue weighted by molar-refractivity contribution is -0.175. The molecule has 0 bridgehead atoms. The molecule has 1 amide bonds. The summed E-state index contributed by atoms with van der Waals surface area (Å²) in [5.41, 5.74) is 2.38. The van der Waals surface area contributed by atoms with Gasteiger partial charge >= 0.3 is 6.18 Å². The smallest absolute Gasteiger partial charge is 0.372 e. The first-order chi connectivity index (χ1) is 11.9. The number of aromatic nitrogens is 1. The first-order valence-corrected chi connectivity index (χ1v) is 8.42. The molecule has 1 aromatic carbocycles. The van der Waals surface area contributed by atoms with Crippen LogP contribution in [-0.2, 0) is 9.53 Å². The van der Waals surface area contributed by atoms with Crippen LogP contribution < -0.4 is 0 Å². The number of rotatable bonds is 5. The largest absolute Gasteiger partial charge is 0.411 e. The second kappa shape index (κ2) is 7.47. The molecule has 0 unspecified atom stereocenters. The van der Waals surface area contributed by atoms with Crippen molar-refractivity contribution in [1.29, 1.82) is 0 Å². The summed E-state index contributed by atoms with van der Waals surface area (Å²) in [6.45, 7) is -0.242. The third-order valence-electron chi connectivity index (χ3n) is 4.63. The molecule has 2 heterocycles. The van der Waals surface area contributed by atoms with E-state index in [1.807, 2.05) is 24.4 Å². The van der Waals surface area contributed by atoms with E-state index in [-0.39, 0.29) is 18.9 Å². The number of H-pyrrole nitrogens is 1. The maximum atomic E-state index is 12.1. The molecule has 0 aliphatic carbocycles. The fourth-order valence-corrected chi connectivity index (χ4v) is 3.38. The Hall–Kier alpha value is -2.02. The summed E-state index contributed by atoms with van der Waals surface area (Å²) >= 11 is 0. The van der Waals surface area contributed by atoms with Gasteiger partial charge in [0.2, 0.25) is 5.91 Å². The Labute approximate surface area is 143 Å². The van der Waals surface area contributed by atoms with Gasteiger partial charge in [-0.15, -0.1) is 0 Å². The zero-order valence-electron chi connectivity index (χ0n) is 13.8. The highest BCUT2D eigenvalue weighted by Gasteiger charge is 2.28. The van der Waals surface area contributed by atoms with Crippen molar-refractivity contribution in [2.75, 3.05) is 26.3 Å². The van der Waals surface area contributed by atoms with Crippen LogP contribution in [0.2, 0.25) is 0 Å². The average molecular weight is 354 g/mol. The molecule has 3 rings (SSSR count). The number of carbonyl (C=O) groups is 1. The molecule has 1 saturated heterocycles. The van der Waals surface area contributed by atoms with Crippen molar-refractivity contribution >= 4 is 16.8 Å². The van der Waals surface area contributed by atoms with Gasteiger partial charge in [0, 0.05) is 30.2 Å².